The van der Waals surface area contributed by atoms with Crippen molar-refractivity contribution in [3.8, 4) is 5.75 Å². The van der Waals surface area contributed by atoms with Crippen LogP contribution in [0.1, 0.15) is 37.1 Å². The van der Waals surface area contributed by atoms with Gasteiger partial charge in [0, 0.05) is 35.6 Å². The van der Waals surface area contributed by atoms with E-state index in [1.807, 2.05) is 12.1 Å². The van der Waals surface area contributed by atoms with Crippen molar-refractivity contribution in [3.05, 3.63) is 29.5 Å². The number of ether oxygens (including phenoxy) is 2. The van der Waals surface area contributed by atoms with E-state index in [1.165, 1.54) is 23.8 Å². The molecule has 27 heavy (non-hydrogen) atoms. The maximum absolute atomic E-state index is 12.1. The van der Waals surface area contributed by atoms with Gasteiger partial charge in [0.05, 0.1) is 20.3 Å². The second-order valence-electron chi connectivity index (χ2n) is 7.53. The van der Waals surface area contributed by atoms with Crippen molar-refractivity contribution in [2.45, 2.75) is 32.2 Å². The Morgan fingerprint density at radius 1 is 1.37 bits per heavy atom. The van der Waals surface area contributed by atoms with Crippen molar-refractivity contribution in [3.63, 3.8) is 0 Å². The Kier molecular flexibility index (Phi) is 4.95. The van der Waals surface area contributed by atoms with Crippen LogP contribution in [0, 0.1) is 11.8 Å². The molecule has 0 aliphatic carbocycles. The van der Waals surface area contributed by atoms with Gasteiger partial charge in [0.1, 0.15) is 10.6 Å². The van der Waals surface area contributed by atoms with Gasteiger partial charge in [-0.2, -0.15) is 0 Å². The smallest absolute Gasteiger partial charge is 0.344 e. The molecule has 1 aromatic carbocycles. The van der Waals surface area contributed by atoms with Crippen molar-refractivity contribution in [1.82, 2.24) is 9.88 Å². The van der Waals surface area contributed by atoms with Gasteiger partial charge >= 0.3 is 5.97 Å². The molecule has 1 fully saturated rings. The van der Waals surface area contributed by atoms with E-state index in [9.17, 15) is 4.79 Å². The fourth-order valence-corrected chi connectivity index (χ4v) is 5.32. The third kappa shape index (κ3) is 2.95. The Bertz CT molecular complexity index is 891. The first-order chi connectivity index (χ1) is 13.1. The van der Waals surface area contributed by atoms with Crippen LogP contribution in [0.5, 0.6) is 5.75 Å². The highest BCUT2D eigenvalue weighted by Gasteiger charge is 2.42. The molecule has 0 amide bonds. The quantitative estimate of drug-likeness (QED) is 0.642. The Hall–Kier alpha value is -1.92. The van der Waals surface area contributed by atoms with E-state index in [4.69, 9.17) is 21.7 Å². The second-order valence-corrected chi connectivity index (χ2v) is 7.97. The van der Waals surface area contributed by atoms with Gasteiger partial charge in [-0.05, 0) is 36.5 Å². The number of esters is 1. The van der Waals surface area contributed by atoms with E-state index < -0.39 is 0 Å². The van der Waals surface area contributed by atoms with E-state index in [0.29, 0.717) is 10.8 Å². The van der Waals surface area contributed by atoms with Gasteiger partial charge in [-0.25, -0.2) is 4.79 Å². The molecular formula is C21H26N2O3S. The molecule has 0 saturated carbocycles. The molecule has 0 radical (unpaired) electrons. The number of carbonyl (C=O) groups excluding carboxylic acids is 1. The highest BCUT2D eigenvalue weighted by Crippen LogP contribution is 2.45. The number of rotatable bonds is 4. The summed E-state index contributed by atoms with van der Waals surface area (Å²) in [6.07, 6.45) is 2.88. The molecule has 0 spiro atoms. The maximum atomic E-state index is 12.1. The van der Waals surface area contributed by atoms with Crippen LogP contribution in [0.25, 0.3) is 10.9 Å². The summed E-state index contributed by atoms with van der Waals surface area (Å²) < 4.78 is 10.5. The first-order valence-corrected chi connectivity index (χ1v) is 10.0. The number of fused-ring (bicyclic) bond motifs is 5. The van der Waals surface area contributed by atoms with E-state index in [0.717, 1.165) is 43.6 Å². The average molecular weight is 387 g/mol. The van der Waals surface area contributed by atoms with Crippen LogP contribution < -0.4 is 4.74 Å². The fourth-order valence-electron chi connectivity index (χ4n) is 4.94. The molecule has 3 atom stereocenters. The zero-order valence-corrected chi connectivity index (χ0v) is 16.9. The molecule has 1 N–H and O–H groups in total. The van der Waals surface area contributed by atoms with E-state index in [-0.39, 0.29) is 17.9 Å². The Morgan fingerprint density at radius 2 is 2.19 bits per heavy atom. The molecule has 2 aromatic rings. The minimum absolute atomic E-state index is 0.0814. The number of thiocarbonyl (C=S) groups is 1. The predicted molar refractivity (Wildman–Crippen MR) is 109 cm³/mol. The molecule has 6 heteroatoms. The number of hydrogen-bond donors (Lipinski definition) is 1. The lowest BCUT2D eigenvalue weighted by Crippen LogP contribution is -2.48. The van der Waals surface area contributed by atoms with Crippen LogP contribution in [0.3, 0.4) is 0 Å². The van der Waals surface area contributed by atoms with Gasteiger partial charge in [-0.3, -0.25) is 4.90 Å². The topological polar surface area (TPSA) is 54.6 Å². The van der Waals surface area contributed by atoms with Crippen LogP contribution in [0.4, 0.5) is 0 Å². The van der Waals surface area contributed by atoms with Gasteiger partial charge in [0.15, 0.2) is 0 Å². The molecular weight excluding hydrogens is 360 g/mol. The highest BCUT2D eigenvalue weighted by atomic mass is 32.1. The van der Waals surface area contributed by atoms with Gasteiger partial charge in [0.25, 0.3) is 0 Å². The van der Waals surface area contributed by atoms with Crippen LogP contribution in [-0.4, -0.2) is 48.0 Å². The summed E-state index contributed by atoms with van der Waals surface area (Å²) in [4.78, 5) is 18.7. The molecule has 3 heterocycles. The summed E-state index contributed by atoms with van der Waals surface area (Å²) in [5.41, 5.74) is 3.72. The molecule has 0 unspecified atom stereocenters. The fraction of sp³-hybridized carbons (Fsp3) is 0.524. The van der Waals surface area contributed by atoms with Crippen molar-refractivity contribution in [1.29, 1.82) is 0 Å². The molecule has 0 bridgehead atoms. The number of methoxy groups -OCH3 is 2. The molecule has 2 aliphatic rings. The molecule has 4 rings (SSSR count). The molecule has 2 aliphatic heterocycles. The summed E-state index contributed by atoms with van der Waals surface area (Å²) in [6, 6.07) is 6.39. The summed E-state index contributed by atoms with van der Waals surface area (Å²) in [6.45, 7) is 4.17. The van der Waals surface area contributed by atoms with Crippen LogP contribution in [-0.2, 0) is 16.0 Å². The molecule has 1 aromatic heterocycles. The lowest BCUT2D eigenvalue weighted by molar-refractivity contribution is -0.133. The minimum Gasteiger partial charge on any atom is -0.496 e. The predicted octanol–water partition coefficient (Wildman–Crippen LogP) is 3.66. The monoisotopic (exact) mass is 386 g/mol. The summed E-state index contributed by atoms with van der Waals surface area (Å²) in [7, 11) is 3.13. The second kappa shape index (κ2) is 7.24. The number of benzene rings is 1. The summed E-state index contributed by atoms with van der Waals surface area (Å²) in [5, 5.41) is 1.19. The van der Waals surface area contributed by atoms with Crippen molar-refractivity contribution >= 4 is 34.0 Å². The number of piperidine rings is 1. The third-order valence-electron chi connectivity index (χ3n) is 6.33. The SMILES string of the molecule is CC[C@@H]1CN2CCc3c([nH]c4cccc(OC)c34)[C@@H]2C[C@@H]1C(=S)C(=O)OC. The zero-order valence-electron chi connectivity index (χ0n) is 16.1. The van der Waals surface area contributed by atoms with Crippen molar-refractivity contribution in [2.75, 3.05) is 27.3 Å². The molecule has 1 saturated heterocycles. The van der Waals surface area contributed by atoms with Gasteiger partial charge < -0.3 is 14.5 Å². The van der Waals surface area contributed by atoms with Gasteiger partial charge in [0.2, 0.25) is 0 Å². The number of nitrogens with one attached hydrogen (secondary N) is 1. The standard InChI is InChI=1S/C21H26N2O3S/c1-4-12-11-23-9-8-13-18-15(6-5-7-17(18)25-2)22-19(13)16(23)10-14(12)20(27)21(24)26-3/h5-7,12,14,16,22H,4,8-11H2,1-3H3/t12-,14+,16+/m1/s1. The van der Waals surface area contributed by atoms with E-state index in [1.54, 1.807) is 7.11 Å². The molecule has 144 valence electrons. The van der Waals surface area contributed by atoms with Crippen molar-refractivity contribution in [2.24, 2.45) is 11.8 Å². The van der Waals surface area contributed by atoms with Gasteiger partial charge in [-0.15, -0.1) is 0 Å². The van der Waals surface area contributed by atoms with E-state index >= 15 is 0 Å². The maximum Gasteiger partial charge on any atom is 0.344 e. The van der Waals surface area contributed by atoms with Crippen LogP contribution in [0.2, 0.25) is 0 Å². The lowest BCUT2D eigenvalue weighted by Gasteiger charge is -2.46. The largest absolute Gasteiger partial charge is 0.496 e. The van der Waals surface area contributed by atoms with Crippen LogP contribution in [0.15, 0.2) is 18.2 Å². The Labute approximate surface area is 165 Å². The summed E-state index contributed by atoms with van der Waals surface area (Å²) in [5.74, 6) is 1.05. The molecule has 5 nitrogen and oxygen atoms in total. The first-order valence-electron chi connectivity index (χ1n) is 9.62. The van der Waals surface area contributed by atoms with E-state index in [2.05, 4.69) is 22.9 Å². The number of carbonyl (C=O) groups is 1. The number of nitrogens with zero attached hydrogens (tertiary/aromatic N) is 1. The highest BCUT2D eigenvalue weighted by molar-refractivity contribution is 7.82. The number of hydrogen-bond acceptors (Lipinski definition) is 5. The summed E-state index contributed by atoms with van der Waals surface area (Å²) >= 11 is 5.51. The minimum atomic E-state index is -0.351. The average Bonchev–Trinajstić information content (AvgIpc) is 3.10. The van der Waals surface area contributed by atoms with Gasteiger partial charge in [-0.1, -0.05) is 31.6 Å². The number of aromatic amines is 1. The third-order valence-corrected chi connectivity index (χ3v) is 6.80. The Morgan fingerprint density at radius 3 is 2.89 bits per heavy atom. The lowest BCUT2D eigenvalue weighted by atomic mass is 9.75. The number of aromatic nitrogens is 1. The van der Waals surface area contributed by atoms with Crippen LogP contribution >= 0.6 is 12.2 Å². The first kappa shape index (κ1) is 18.4. The normalized spacial score (nSPS) is 24.9. The number of H-pyrrole nitrogens is 1. The zero-order chi connectivity index (χ0) is 19.1. The van der Waals surface area contributed by atoms with Crippen molar-refractivity contribution < 1.29 is 14.3 Å². The Balaban J connectivity index is 1.74.